The van der Waals surface area contributed by atoms with Crippen LogP contribution in [0.2, 0.25) is 0 Å². The van der Waals surface area contributed by atoms with E-state index >= 15 is 0 Å². The van der Waals surface area contributed by atoms with Crippen LogP contribution in [-0.2, 0) is 11.3 Å². The molecule has 3 amide bonds. The van der Waals surface area contributed by atoms with E-state index in [1.54, 1.807) is 11.3 Å². The van der Waals surface area contributed by atoms with E-state index in [2.05, 4.69) is 44.9 Å². The van der Waals surface area contributed by atoms with Crippen LogP contribution in [0.5, 0.6) is 0 Å². The number of hydrogen-bond donors (Lipinski definition) is 2. The van der Waals surface area contributed by atoms with E-state index in [0.29, 0.717) is 6.54 Å². The SMILES string of the molecule is CCCCNC(=O)NC(=O)CN1CCN(Cc2csc(-c3ccccc3)n2)CC1. The van der Waals surface area contributed by atoms with E-state index in [1.807, 2.05) is 18.2 Å². The second kappa shape index (κ2) is 11.0. The monoisotopic (exact) mass is 415 g/mol. The van der Waals surface area contributed by atoms with Gasteiger partial charge in [0.05, 0.1) is 12.2 Å². The molecule has 1 aromatic carbocycles. The summed E-state index contributed by atoms with van der Waals surface area (Å²) in [7, 11) is 0. The molecule has 0 saturated carbocycles. The molecule has 0 bridgehead atoms. The van der Waals surface area contributed by atoms with Gasteiger partial charge in [0.2, 0.25) is 5.91 Å². The van der Waals surface area contributed by atoms with Gasteiger partial charge in [0.15, 0.2) is 0 Å². The highest BCUT2D eigenvalue weighted by molar-refractivity contribution is 7.13. The van der Waals surface area contributed by atoms with E-state index in [-0.39, 0.29) is 12.5 Å². The van der Waals surface area contributed by atoms with Crippen LogP contribution < -0.4 is 10.6 Å². The molecule has 7 nitrogen and oxygen atoms in total. The lowest BCUT2D eigenvalue weighted by atomic mass is 10.2. The van der Waals surface area contributed by atoms with Gasteiger partial charge in [-0.2, -0.15) is 0 Å². The number of amides is 3. The fourth-order valence-corrected chi connectivity index (χ4v) is 4.04. The molecule has 2 aromatic rings. The quantitative estimate of drug-likeness (QED) is 0.648. The number of nitrogens with zero attached hydrogens (tertiary/aromatic N) is 3. The lowest BCUT2D eigenvalue weighted by Crippen LogP contribution is -2.50. The van der Waals surface area contributed by atoms with Crippen LogP contribution in [0.25, 0.3) is 10.6 Å². The maximum absolute atomic E-state index is 12.0. The Morgan fingerprint density at radius 1 is 1.10 bits per heavy atom. The highest BCUT2D eigenvalue weighted by Gasteiger charge is 2.20. The van der Waals surface area contributed by atoms with Crippen molar-refractivity contribution in [1.82, 2.24) is 25.4 Å². The molecule has 2 N–H and O–H groups in total. The molecule has 1 fully saturated rings. The topological polar surface area (TPSA) is 77.6 Å². The van der Waals surface area contributed by atoms with E-state index in [1.165, 1.54) is 0 Å². The van der Waals surface area contributed by atoms with Gasteiger partial charge in [-0.05, 0) is 6.42 Å². The van der Waals surface area contributed by atoms with Crippen LogP contribution in [-0.4, -0.2) is 66.0 Å². The number of rotatable bonds is 8. The molecule has 3 rings (SSSR count). The molecule has 2 heterocycles. The summed E-state index contributed by atoms with van der Waals surface area (Å²) in [4.78, 5) is 32.9. The molecule has 156 valence electrons. The minimum atomic E-state index is -0.403. The third-order valence-electron chi connectivity index (χ3n) is 4.86. The first-order chi connectivity index (χ1) is 14.1. The Hall–Kier alpha value is -2.29. The first-order valence-electron chi connectivity index (χ1n) is 10.2. The lowest BCUT2D eigenvalue weighted by molar-refractivity contribution is -0.121. The summed E-state index contributed by atoms with van der Waals surface area (Å²) in [5.41, 5.74) is 2.24. The number of aromatic nitrogens is 1. The number of imide groups is 1. The lowest BCUT2D eigenvalue weighted by Gasteiger charge is -2.33. The van der Waals surface area contributed by atoms with Crippen LogP contribution in [0.3, 0.4) is 0 Å². The fraction of sp³-hybridized carbons (Fsp3) is 0.476. The highest BCUT2D eigenvalue weighted by atomic mass is 32.1. The number of urea groups is 1. The third kappa shape index (κ3) is 6.92. The molecule has 8 heteroatoms. The van der Waals surface area contributed by atoms with Gasteiger partial charge in [-0.1, -0.05) is 43.7 Å². The van der Waals surface area contributed by atoms with Crippen LogP contribution in [0.4, 0.5) is 4.79 Å². The van der Waals surface area contributed by atoms with Crippen LogP contribution in [0, 0.1) is 0 Å². The number of carbonyl (C=O) groups is 2. The zero-order valence-corrected chi connectivity index (χ0v) is 17.7. The summed E-state index contributed by atoms with van der Waals surface area (Å²) < 4.78 is 0. The Labute approximate surface area is 176 Å². The predicted octanol–water partition coefficient (Wildman–Crippen LogP) is 2.55. The van der Waals surface area contributed by atoms with Gasteiger partial charge in [0, 0.05) is 50.2 Å². The maximum atomic E-state index is 12.0. The Kier molecular flexibility index (Phi) is 8.15. The minimum absolute atomic E-state index is 0.251. The Morgan fingerprint density at radius 2 is 1.83 bits per heavy atom. The zero-order chi connectivity index (χ0) is 20.5. The maximum Gasteiger partial charge on any atom is 0.321 e. The molecule has 0 radical (unpaired) electrons. The summed E-state index contributed by atoms with van der Waals surface area (Å²) in [6, 6.07) is 9.82. The van der Waals surface area contributed by atoms with Crippen molar-refractivity contribution in [2.45, 2.75) is 26.3 Å². The summed E-state index contributed by atoms with van der Waals surface area (Å²) in [6.45, 7) is 7.11. The van der Waals surface area contributed by atoms with Gasteiger partial charge in [0.25, 0.3) is 0 Å². The van der Waals surface area contributed by atoms with Crippen molar-refractivity contribution >= 4 is 23.3 Å². The molecule has 0 unspecified atom stereocenters. The van der Waals surface area contributed by atoms with E-state index in [0.717, 1.165) is 61.8 Å². The van der Waals surface area contributed by atoms with Crippen molar-refractivity contribution in [2.75, 3.05) is 39.3 Å². The normalized spacial score (nSPS) is 15.2. The number of hydrogen-bond acceptors (Lipinski definition) is 6. The van der Waals surface area contributed by atoms with Gasteiger partial charge < -0.3 is 5.32 Å². The molecule has 29 heavy (non-hydrogen) atoms. The van der Waals surface area contributed by atoms with Crippen molar-refractivity contribution in [3.8, 4) is 10.6 Å². The van der Waals surface area contributed by atoms with E-state index < -0.39 is 6.03 Å². The number of benzene rings is 1. The van der Waals surface area contributed by atoms with Crippen molar-refractivity contribution < 1.29 is 9.59 Å². The molecule has 1 aliphatic rings. The standard InChI is InChI=1S/C21H29N5O2S/c1-2-3-9-22-21(28)24-19(27)15-26-12-10-25(11-13-26)14-18-16-29-20(23-18)17-7-5-4-6-8-17/h4-8,16H,2-3,9-15H2,1H3,(H2,22,24,27,28). The second-order valence-corrected chi connectivity index (χ2v) is 8.08. The summed E-state index contributed by atoms with van der Waals surface area (Å²) >= 11 is 1.67. The molecule has 1 aromatic heterocycles. The highest BCUT2D eigenvalue weighted by Crippen LogP contribution is 2.24. The smallest absolute Gasteiger partial charge is 0.321 e. The number of unbranched alkanes of at least 4 members (excludes halogenated alkanes) is 1. The van der Waals surface area contributed by atoms with Crippen molar-refractivity contribution in [2.24, 2.45) is 0 Å². The van der Waals surface area contributed by atoms with Crippen LogP contribution in [0.15, 0.2) is 35.7 Å². The number of nitrogens with one attached hydrogen (secondary N) is 2. The van der Waals surface area contributed by atoms with Gasteiger partial charge in [-0.3, -0.25) is 19.9 Å². The fourth-order valence-electron chi connectivity index (χ4n) is 3.22. The average molecular weight is 416 g/mol. The summed E-state index contributed by atoms with van der Waals surface area (Å²) in [5.74, 6) is -0.251. The Morgan fingerprint density at radius 3 is 2.55 bits per heavy atom. The van der Waals surface area contributed by atoms with Gasteiger partial charge in [0.1, 0.15) is 5.01 Å². The molecule has 1 aliphatic heterocycles. The van der Waals surface area contributed by atoms with Crippen LogP contribution >= 0.6 is 11.3 Å². The number of carbonyl (C=O) groups excluding carboxylic acids is 2. The van der Waals surface area contributed by atoms with E-state index in [9.17, 15) is 9.59 Å². The van der Waals surface area contributed by atoms with Gasteiger partial charge >= 0.3 is 6.03 Å². The Bertz CT molecular complexity index is 787. The van der Waals surface area contributed by atoms with E-state index in [4.69, 9.17) is 4.98 Å². The minimum Gasteiger partial charge on any atom is -0.338 e. The Balaban J connectivity index is 1.38. The first kappa shape index (κ1) is 21.4. The molecule has 0 aliphatic carbocycles. The number of piperazine rings is 1. The molecule has 1 saturated heterocycles. The summed E-state index contributed by atoms with van der Waals surface area (Å²) in [5, 5.41) is 8.27. The van der Waals surface area contributed by atoms with Crippen molar-refractivity contribution in [3.05, 3.63) is 41.4 Å². The largest absolute Gasteiger partial charge is 0.338 e. The number of thiazole rings is 1. The van der Waals surface area contributed by atoms with Gasteiger partial charge in [-0.15, -0.1) is 11.3 Å². The van der Waals surface area contributed by atoms with Gasteiger partial charge in [-0.25, -0.2) is 9.78 Å². The summed E-state index contributed by atoms with van der Waals surface area (Å²) in [6.07, 6.45) is 1.92. The molecular weight excluding hydrogens is 386 g/mol. The molecule has 0 spiro atoms. The zero-order valence-electron chi connectivity index (χ0n) is 16.9. The predicted molar refractivity (Wildman–Crippen MR) is 116 cm³/mol. The van der Waals surface area contributed by atoms with Crippen LogP contribution in [0.1, 0.15) is 25.5 Å². The third-order valence-corrected chi connectivity index (χ3v) is 5.80. The van der Waals surface area contributed by atoms with Crippen molar-refractivity contribution in [1.29, 1.82) is 0 Å². The average Bonchev–Trinajstić information content (AvgIpc) is 3.19. The second-order valence-electron chi connectivity index (χ2n) is 7.22. The molecule has 0 atom stereocenters. The van der Waals surface area contributed by atoms with Crippen molar-refractivity contribution in [3.63, 3.8) is 0 Å². The molecular formula is C21H29N5O2S. The first-order valence-corrected chi connectivity index (χ1v) is 11.0.